The minimum Gasteiger partial charge on any atom is -0.494 e. The fraction of sp³-hybridized carbons (Fsp3) is 0.133. The van der Waals surface area contributed by atoms with Gasteiger partial charge >= 0.3 is 0 Å². The van der Waals surface area contributed by atoms with Gasteiger partial charge in [-0.1, -0.05) is 12.1 Å². The van der Waals surface area contributed by atoms with Crippen molar-refractivity contribution >= 4 is 23.4 Å². The zero-order valence-corrected chi connectivity index (χ0v) is 12.0. The van der Waals surface area contributed by atoms with Gasteiger partial charge in [-0.15, -0.1) is 11.8 Å². The van der Waals surface area contributed by atoms with Gasteiger partial charge in [-0.25, -0.2) is 4.39 Å². The SMILES string of the molecule is COc1ccc(C(=O)Nc2ccccc2SC)cc1F. The van der Waals surface area contributed by atoms with E-state index >= 15 is 0 Å². The summed E-state index contributed by atoms with van der Waals surface area (Å²) in [5, 5.41) is 2.78. The maximum Gasteiger partial charge on any atom is 0.255 e. The number of thioether (sulfide) groups is 1. The van der Waals surface area contributed by atoms with Crippen LogP contribution < -0.4 is 10.1 Å². The maximum atomic E-state index is 13.6. The number of rotatable bonds is 4. The van der Waals surface area contributed by atoms with Gasteiger partial charge in [0.1, 0.15) is 0 Å². The third-order valence-corrected chi connectivity index (χ3v) is 3.56. The molecule has 2 aromatic rings. The maximum absolute atomic E-state index is 13.6. The Kier molecular flexibility index (Phi) is 4.63. The molecule has 0 aliphatic heterocycles. The molecule has 0 radical (unpaired) electrons. The predicted octanol–water partition coefficient (Wildman–Crippen LogP) is 3.81. The Labute approximate surface area is 121 Å². The average molecular weight is 291 g/mol. The van der Waals surface area contributed by atoms with Crippen LogP contribution in [0.15, 0.2) is 47.4 Å². The van der Waals surface area contributed by atoms with E-state index in [1.54, 1.807) is 0 Å². The van der Waals surface area contributed by atoms with Crippen molar-refractivity contribution in [3.8, 4) is 5.75 Å². The molecule has 1 N–H and O–H groups in total. The Bertz CT molecular complexity index is 631. The van der Waals surface area contributed by atoms with E-state index in [4.69, 9.17) is 4.74 Å². The molecule has 2 aromatic carbocycles. The molecule has 20 heavy (non-hydrogen) atoms. The number of carbonyl (C=O) groups is 1. The molecule has 0 aliphatic rings. The van der Waals surface area contributed by atoms with Crippen LogP contribution in [0.5, 0.6) is 5.75 Å². The van der Waals surface area contributed by atoms with Gasteiger partial charge in [0.2, 0.25) is 0 Å². The second-order valence-corrected chi connectivity index (χ2v) is 4.85. The van der Waals surface area contributed by atoms with Crippen molar-refractivity contribution in [2.75, 3.05) is 18.7 Å². The smallest absolute Gasteiger partial charge is 0.255 e. The third-order valence-electron chi connectivity index (χ3n) is 2.77. The predicted molar refractivity (Wildman–Crippen MR) is 79.1 cm³/mol. The van der Waals surface area contributed by atoms with E-state index in [1.165, 1.54) is 31.0 Å². The molecule has 3 nitrogen and oxygen atoms in total. The van der Waals surface area contributed by atoms with E-state index in [9.17, 15) is 9.18 Å². The first-order valence-electron chi connectivity index (χ1n) is 5.93. The second-order valence-electron chi connectivity index (χ2n) is 4.00. The fourth-order valence-electron chi connectivity index (χ4n) is 1.75. The summed E-state index contributed by atoms with van der Waals surface area (Å²) < 4.78 is 18.4. The molecule has 2 rings (SSSR count). The van der Waals surface area contributed by atoms with Crippen LogP contribution in [0.25, 0.3) is 0 Å². The summed E-state index contributed by atoms with van der Waals surface area (Å²) in [6, 6.07) is 11.6. The Morgan fingerprint density at radius 2 is 2.00 bits per heavy atom. The van der Waals surface area contributed by atoms with Crippen molar-refractivity contribution in [2.24, 2.45) is 0 Å². The Balaban J connectivity index is 2.22. The second kappa shape index (κ2) is 6.43. The molecular weight excluding hydrogens is 277 g/mol. The van der Waals surface area contributed by atoms with Crippen LogP contribution in [0, 0.1) is 5.82 Å². The number of anilines is 1. The lowest BCUT2D eigenvalue weighted by molar-refractivity contribution is 0.102. The Morgan fingerprint density at radius 3 is 2.65 bits per heavy atom. The van der Waals surface area contributed by atoms with Crippen LogP contribution in [0.2, 0.25) is 0 Å². The van der Waals surface area contributed by atoms with Gasteiger partial charge in [0.25, 0.3) is 5.91 Å². The molecular formula is C15H14FNO2S. The van der Waals surface area contributed by atoms with Crippen molar-refractivity contribution in [2.45, 2.75) is 4.90 Å². The number of benzene rings is 2. The number of amides is 1. The van der Waals surface area contributed by atoms with Gasteiger partial charge in [0.05, 0.1) is 12.8 Å². The van der Waals surface area contributed by atoms with Crippen LogP contribution in [0.1, 0.15) is 10.4 Å². The van der Waals surface area contributed by atoms with Crippen LogP contribution >= 0.6 is 11.8 Å². The monoisotopic (exact) mass is 291 g/mol. The van der Waals surface area contributed by atoms with Gasteiger partial charge in [0, 0.05) is 10.5 Å². The van der Waals surface area contributed by atoms with Crippen molar-refractivity contribution in [3.05, 3.63) is 53.8 Å². The average Bonchev–Trinajstić information content (AvgIpc) is 2.47. The minimum absolute atomic E-state index is 0.117. The lowest BCUT2D eigenvalue weighted by atomic mass is 10.2. The number of carbonyl (C=O) groups excluding carboxylic acids is 1. The summed E-state index contributed by atoms with van der Waals surface area (Å²) in [4.78, 5) is 13.1. The lowest BCUT2D eigenvalue weighted by Gasteiger charge is -2.10. The Hall–Kier alpha value is -2.01. The van der Waals surface area contributed by atoms with Crippen LogP contribution in [0.3, 0.4) is 0 Å². The summed E-state index contributed by atoms with van der Waals surface area (Å²) in [6.45, 7) is 0. The minimum atomic E-state index is -0.557. The molecule has 0 heterocycles. The number of methoxy groups -OCH3 is 1. The van der Waals surface area contributed by atoms with Gasteiger partial charge in [-0.05, 0) is 36.6 Å². The van der Waals surface area contributed by atoms with Gasteiger partial charge in [-0.3, -0.25) is 4.79 Å². The van der Waals surface area contributed by atoms with Crippen molar-refractivity contribution in [1.29, 1.82) is 0 Å². The zero-order valence-electron chi connectivity index (χ0n) is 11.1. The first-order valence-corrected chi connectivity index (χ1v) is 7.16. The van der Waals surface area contributed by atoms with Gasteiger partial charge in [0.15, 0.2) is 11.6 Å². The van der Waals surface area contributed by atoms with Crippen molar-refractivity contribution in [1.82, 2.24) is 0 Å². The molecule has 0 unspecified atom stereocenters. The summed E-state index contributed by atoms with van der Waals surface area (Å²) in [5.41, 5.74) is 0.959. The number of halogens is 1. The highest BCUT2D eigenvalue weighted by Crippen LogP contribution is 2.25. The third kappa shape index (κ3) is 3.11. The lowest BCUT2D eigenvalue weighted by Crippen LogP contribution is -2.12. The molecule has 0 aliphatic carbocycles. The van der Waals surface area contributed by atoms with E-state index in [0.717, 1.165) is 11.0 Å². The number of hydrogen-bond acceptors (Lipinski definition) is 3. The zero-order chi connectivity index (χ0) is 14.5. The van der Waals surface area contributed by atoms with E-state index in [1.807, 2.05) is 30.5 Å². The largest absolute Gasteiger partial charge is 0.494 e. The van der Waals surface area contributed by atoms with E-state index < -0.39 is 5.82 Å². The molecule has 0 saturated heterocycles. The molecule has 0 fully saturated rings. The number of nitrogens with one attached hydrogen (secondary N) is 1. The molecule has 0 saturated carbocycles. The molecule has 1 amide bonds. The molecule has 104 valence electrons. The molecule has 0 atom stereocenters. The van der Waals surface area contributed by atoms with E-state index in [2.05, 4.69) is 5.32 Å². The van der Waals surface area contributed by atoms with Crippen molar-refractivity contribution in [3.63, 3.8) is 0 Å². The summed E-state index contributed by atoms with van der Waals surface area (Å²) >= 11 is 1.53. The number of para-hydroxylation sites is 1. The highest BCUT2D eigenvalue weighted by molar-refractivity contribution is 7.98. The van der Waals surface area contributed by atoms with Crippen LogP contribution in [-0.2, 0) is 0 Å². The highest BCUT2D eigenvalue weighted by atomic mass is 32.2. The summed E-state index contributed by atoms with van der Waals surface area (Å²) in [6.07, 6.45) is 1.93. The fourth-order valence-corrected chi connectivity index (χ4v) is 2.30. The quantitative estimate of drug-likeness (QED) is 0.871. The van der Waals surface area contributed by atoms with Crippen LogP contribution in [-0.4, -0.2) is 19.3 Å². The van der Waals surface area contributed by atoms with Gasteiger partial charge < -0.3 is 10.1 Å². The molecule has 0 aromatic heterocycles. The summed E-state index contributed by atoms with van der Waals surface area (Å²) in [7, 11) is 1.38. The number of ether oxygens (including phenoxy) is 1. The highest BCUT2D eigenvalue weighted by Gasteiger charge is 2.11. The Morgan fingerprint density at radius 1 is 1.25 bits per heavy atom. The first kappa shape index (κ1) is 14.4. The van der Waals surface area contributed by atoms with Crippen molar-refractivity contribution < 1.29 is 13.9 Å². The van der Waals surface area contributed by atoms with E-state index in [0.29, 0.717) is 5.69 Å². The van der Waals surface area contributed by atoms with Gasteiger partial charge in [-0.2, -0.15) is 0 Å². The standard InChI is InChI=1S/C15H14FNO2S/c1-19-13-8-7-10(9-11(13)16)15(18)17-12-5-3-4-6-14(12)20-2/h3-9H,1-2H3,(H,17,18). The number of hydrogen-bond donors (Lipinski definition) is 1. The van der Waals surface area contributed by atoms with E-state index in [-0.39, 0.29) is 17.2 Å². The summed E-state index contributed by atoms with van der Waals surface area (Å²) in [5.74, 6) is -0.794. The molecule has 5 heteroatoms. The van der Waals surface area contributed by atoms with Crippen LogP contribution in [0.4, 0.5) is 10.1 Å². The normalized spacial score (nSPS) is 10.2. The molecule has 0 bridgehead atoms. The molecule has 0 spiro atoms. The topological polar surface area (TPSA) is 38.3 Å². The first-order chi connectivity index (χ1) is 9.65.